The molecule has 350 valence electrons. The molecule has 0 aliphatic rings. The number of ether oxygens (including phenoxy) is 3. The molecule has 0 aromatic rings. The molecule has 0 heterocycles. The molecule has 0 saturated carbocycles. The topological polar surface area (TPSA) is 78.9 Å². The van der Waals surface area contributed by atoms with E-state index in [-0.39, 0.29) is 31.1 Å². The average Bonchev–Trinajstić information content (AvgIpc) is 3.20. The van der Waals surface area contributed by atoms with Crippen molar-refractivity contribution in [2.45, 2.75) is 298 Å². The Balaban J connectivity index is 4.26. The highest BCUT2D eigenvalue weighted by Gasteiger charge is 2.19. The van der Waals surface area contributed by atoms with Gasteiger partial charge in [0.2, 0.25) is 0 Å². The van der Waals surface area contributed by atoms with Gasteiger partial charge in [0.25, 0.3) is 0 Å². The zero-order chi connectivity index (χ0) is 43.3. The van der Waals surface area contributed by atoms with E-state index in [1.54, 1.807) is 0 Å². The number of esters is 3. The van der Waals surface area contributed by atoms with Crippen LogP contribution in [0.5, 0.6) is 0 Å². The highest BCUT2D eigenvalue weighted by atomic mass is 16.6. The van der Waals surface area contributed by atoms with Gasteiger partial charge in [-0.15, -0.1) is 0 Å². The predicted octanol–water partition coefficient (Wildman–Crippen LogP) is 16.9. The molecule has 0 unspecified atom stereocenters. The van der Waals surface area contributed by atoms with Crippen LogP contribution in [0.15, 0.2) is 0 Å². The zero-order valence-corrected chi connectivity index (χ0v) is 40.4. The van der Waals surface area contributed by atoms with Gasteiger partial charge in [-0.05, 0) is 31.1 Å². The molecule has 0 bridgehead atoms. The van der Waals surface area contributed by atoms with E-state index in [0.29, 0.717) is 19.3 Å². The maximum absolute atomic E-state index is 12.8. The molecule has 0 aliphatic carbocycles. The van der Waals surface area contributed by atoms with Crippen LogP contribution >= 0.6 is 0 Å². The van der Waals surface area contributed by atoms with Crippen molar-refractivity contribution in [1.82, 2.24) is 0 Å². The Kier molecular flexibility index (Phi) is 44.7. The first-order valence-electron chi connectivity index (χ1n) is 26.2. The third-order valence-corrected chi connectivity index (χ3v) is 12.0. The average molecular weight is 835 g/mol. The lowest BCUT2D eigenvalue weighted by atomic mass is 10.0. The number of carbonyl (C=O) groups is 3. The molecule has 1 atom stereocenters. The SMILES string of the molecule is CCCCCCCCCCCCCCCCCCCC(=O)O[C@H](COC(=O)CCCCCCCCCCCCCCC(C)C)COC(=O)CCCCCCCCC(C)C. The molecule has 0 aromatic carbocycles. The highest BCUT2D eigenvalue weighted by molar-refractivity contribution is 5.71. The van der Waals surface area contributed by atoms with Gasteiger partial charge in [-0.1, -0.05) is 253 Å². The maximum atomic E-state index is 12.8. The Morgan fingerprint density at radius 3 is 0.831 bits per heavy atom. The monoisotopic (exact) mass is 835 g/mol. The Morgan fingerprint density at radius 2 is 0.559 bits per heavy atom. The number of unbranched alkanes of at least 4 members (excludes halogenated alkanes) is 32. The Labute approximate surface area is 368 Å². The maximum Gasteiger partial charge on any atom is 0.306 e. The van der Waals surface area contributed by atoms with Crippen LogP contribution in [-0.2, 0) is 28.6 Å². The van der Waals surface area contributed by atoms with E-state index in [1.807, 2.05) is 0 Å². The van der Waals surface area contributed by atoms with E-state index < -0.39 is 6.10 Å². The second kappa shape index (κ2) is 45.9. The predicted molar refractivity (Wildman–Crippen MR) is 252 cm³/mol. The molecule has 0 amide bonds. The first-order valence-corrected chi connectivity index (χ1v) is 26.2. The van der Waals surface area contributed by atoms with Gasteiger partial charge in [0.15, 0.2) is 6.10 Å². The summed E-state index contributed by atoms with van der Waals surface area (Å²) in [7, 11) is 0. The zero-order valence-electron chi connectivity index (χ0n) is 40.4. The number of rotatable bonds is 47. The Hall–Kier alpha value is -1.59. The summed E-state index contributed by atoms with van der Waals surface area (Å²) in [6.45, 7) is 11.3. The fraction of sp³-hybridized carbons (Fsp3) is 0.943. The lowest BCUT2D eigenvalue weighted by molar-refractivity contribution is -0.167. The van der Waals surface area contributed by atoms with Gasteiger partial charge in [0.1, 0.15) is 13.2 Å². The molecule has 0 rings (SSSR count). The van der Waals surface area contributed by atoms with E-state index in [2.05, 4.69) is 34.6 Å². The fourth-order valence-electron chi connectivity index (χ4n) is 7.99. The minimum atomic E-state index is -0.762. The van der Waals surface area contributed by atoms with Crippen molar-refractivity contribution in [2.24, 2.45) is 11.8 Å². The van der Waals surface area contributed by atoms with E-state index >= 15 is 0 Å². The Morgan fingerprint density at radius 1 is 0.322 bits per heavy atom. The molecule has 0 spiro atoms. The van der Waals surface area contributed by atoms with Gasteiger partial charge in [0.05, 0.1) is 0 Å². The summed E-state index contributed by atoms with van der Waals surface area (Å²) in [4.78, 5) is 37.9. The van der Waals surface area contributed by atoms with Crippen LogP contribution in [0, 0.1) is 11.8 Å². The van der Waals surface area contributed by atoms with E-state index in [4.69, 9.17) is 14.2 Å². The number of hydrogen-bond acceptors (Lipinski definition) is 6. The van der Waals surface area contributed by atoms with Crippen LogP contribution < -0.4 is 0 Å². The smallest absolute Gasteiger partial charge is 0.306 e. The minimum Gasteiger partial charge on any atom is -0.462 e. The van der Waals surface area contributed by atoms with Crippen molar-refractivity contribution < 1.29 is 28.6 Å². The summed E-state index contributed by atoms with van der Waals surface area (Å²) in [5.74, 6) is 0.745. The third-order valence-electron chi connectivity index (χ3n) is 12.0. The summed E-state index contributed by atoms with van der Waals surface area (Å²) in [5.41, 5.74) is 0. The molecule has 0 fully saturated rings. The molecule has 0 N–H and O–H groups in total. The van der Waals surface area contributed by atoms with Crippen LogP contribution in [0.25, 0.3) is 0 Å². The first-order chi connectivity index (χ1) is 28.7. The van der Waals surface area contributed by atoms with Crippen LogP contribution in [-0.4, -0.2) is 37.2 Å². The van der Waals surface area contributed by atoms with Crippen molar-refractivity contribution >= 4 is 17.9 Å². The Bertz CT molecular complexity index is 900. The second-order valence-corrected chi connectivity index (χ2v) is 19.1. The molecule has 0 radical (unpaired) electrons. The molecular formula is C53H102O6. The van der Waals surface area contributed by atoms with Crippen molar-refractivity contribution in [1.29, 1.82) is 0 Å². The summed E-state index contributed by atoms with van der Waals surface area (Å²) in [6, 6.07) is 0. The molecule has 6 nitrogen and oxygen atoms in total. The van der Waals surface area contributed by atoms with Crippen molar-refractivity contribution in [3.63, 3.8) is 0 Å². The minimum absolute atomic E-state index is 0.0645. The molecule has 0 saturated heterocycles. The van der Waals surface area contributed by atoms with Crippen LogP contribution in [0.1, 0.15) is 291 Å². The van der Waals surface area contributed by atoms with Crippen molar-refractivity contribution in [3.8, 4) is 0 Å². The van der Waals surface area contributed by atoms with E-state index in [1.165, 1.54) is 180 Å². The molecule has 0 aromatic heterocycles. The van der Waals surface area contributed by atoms with Gasteiger partial charge in [-0.3, -0.25) is 14.4 Å². The van der Waals surface area contributed by atoms with Gasteiger partial charge in [-0.25, -0.2) is 0 Å². The van der Waals surface area contributed by atoms with Gasteiger partial charge < -0.3 is 14.2 Å². The van der Waals surface area contributed by atoms with Crippen LogP contribution in [0.3, 0.4) is 0 Å². The first kappa shape index (κ1) is 57.4. The summed E-state index contributed by atoms with van der Waals surface area (Å²) in [6.07, 6.45) is 46.8. The van der Waals surface area contributed by atoms with Crippen molar-refractivity contribution in [3.05, 3.63) is 0 Å². The third kappa shape index (κ3) is 47.3. The standard InChI is InChI=1S/C53H102O6/c1-6-7-8-9-10-11-12-13-14-15-16-17-22-25-28-35-40-45-53(56)59-50(47-58-52(55)44-39-34-30-29-32-37-42-49(4)5)46-57-51(54)43-38-33-27-24-21-19-18-20-23-26-31-36-41-48(2)3/h48-50H,6-47H2,1-5H3/t50-/m1/s1. The summed E-state index contributed by atoms with van der Waals surface area (Å²) in [5, 5.41) is 0. The van der Waals surface area contributed by atoms with Gasteiger partial charge in [0, 0.05) is 19.3 Å². The normalized spacial score (nSPS) is 12.1. The van der Waals surface area contributed by atoms with Crippen molar-refractivity contribution in [2.75, 3.05) is 13.2 Å². The summed E-state index contributed by atoms with van der Waals surface area (Å²) >= 11 is 0. The lowest BCUT2D eigenvalue weighted by Gasteiger charge is -2.18. The number of hydrogen-bond donors (Lipinski definition) is 0. The van der Waals surface area contributed by atoms with E-state index in [9.17, 15) is 14.4 Å². The quantitative estimate of drug-likeness (QED) is 0.0345. The molecule has 0 aliphatic heterocycles. The second-order valence-electron chi connectivity index (χ2n) is 19.1. The van der Waals surface area contributed by atoms with Crippen LogP contribution in [0.2, 0.25) is 0 Å². The largest absolute Gasteiger partial charge is 0.462 e. The summed E-state index contributed by atoms with van der Waals surface area (Å²) < 4.78 is 16.8. The van der Waals surface area contributed by atoms with Crippen LogP contribution in [0.4, 0.5) is 0 Å². The van der Waals surface area contributed by atoms with Gasteiger partial charge >= 0.3 is 17.9 Å². The molecule has 59 heavy (non-hydrogen) atoms. The fourth-order valence-corrected chi connectivity index (χ4v) is 7.99. The lowest BCUT2D eigenvalue weighted by Crippen LogP contribution is -2.30. The molecule has 6 heteroatoms. The van der Waals surface area contributed by atoms with Gasteiger partial charge in [-0.2, -0.15) is 0 Å². The molecular weight excluding hydrogens is 733 g/mol. The number of carbonyl (C=O) groups excluding carboxylic acids is 3. The van der Waals surface area contributed by atoms with E-state index in [0.717, 1.165) is 69.6 Å². The highest BCUT2D eigenvalue weighted by Crippen LogP contribution is 2.17.